The van der Waals surface area contributed by atoms with Crippen LogP contribution in [0.4, 0.5) is 5.69 Å². The predicted octanol–water partition coefficient (Wildman–Crippen LogP) is 2.54. The predicted molar refractivity (Wildman–Crippen MR) is 102 cm³/mol. The van der Waals surface area contributed by atoms with Crippen molar-refractivity contribution in [2.45, 2.75) is 13.0 Å². The highest BCUT2D eigenvalue weighted by molar-refractivity contribution is 6.39. The van der Waals surface area contributed by atoms with Crippen molar-refractivity contribution in [3.63, 3.8) is 0 Å². The van der Waals surface area contributed by atoms with E-state index in [2.05, 4.69) is 10.6 Å². The van der Waals surface area contributed by atoms with Gasteiger partial charge in [0.1, 0.15) is 11.5 Å². The summed E-state index contributed by atoms with van der Waals surface area (Å²) in [5.74, 6) is -0.108. The van der Waals surface area contributed by atoms with Gasteiger partial charge in [-0.15, -0.1) is 0 Å². The lowest BCUT2D eigenvalue weighted by Crippen LogP contribution is -2.37. The largest absolute Gasteiger partial charge is 0.497 e. The second kappa shape index (κ2) is 10.2. The molecule has 1 atom stereocenters. The minimum atomic E-state index is -0.750. The highest BCUT2D eigenvalue weighted by atomic mass is 16.5. The van der Waals surface area contributed by atoms with Gasteiger partial charge in [0.05, 0.1) is 19.8 Å². The molecule has 7 heteroatoms. The Balaban J connectivity index is 1.90. The zero-order valence-electron chi connectivity index (χ0n) is 15.7. The molecular formula is C20H24N2O5. The number of anilines is 1. The monoisotopic (exact) mass is 372 g/mol. The van der Waals surface area contributed by atoms with E-state index in [9.17, 15) is 9.59 Å². The molecule has 144 valence electrons. The molecule has 2 aromatic rings. The standard InChI is InChI=1S/C20H24N2O5/c1-4-27-16-10-8-15(9-11-16)22-20(24)19(23)21-13-18(26-3)14-6-5-7-17(12-14)25-2/h5-12,18H,4,13H2,1-3H3,(H,21,23)(H,22,24). The van der Waals surface area contributed by atoms with Crippen LogP contribution < -0.4 is 20.1 Å². The van der Waals surface area contributed by atoms with Crippen LogP contribution in [0.2, 0.25) is 0 Å². The number of methoxy groups -OCH3 is 2. The lowest BCUT2D eigenvalue weighted by Gasteiger charge is -2.17. The smallest absolute Gasteiger partial charge is 0.313 e. The van der Waals surface area contributed by atoms with Crippen LogP contribution in [0.15, 0.2) is 48.5 Å². The van der Waals surface area contributed by atoms with Crippen LogP contribution in [0.5, 0.6) is 11.5 Å². The Hall–Kier alpha value is -3.06. The molecule has 2 N–H and O–H groups in total. The zero-order chi connectivity index (χ0) is 19.6. The normalized spacial score (nSPS) is 11.4. The third kappa shape index (κ3) is 6.00. The van der Waals surface area contributed by atoms with E-state index in [1.54, 1.807) is 31.4 Å². The molecule has 0 fully saturated rings. The first-order valence-electron chi connectivity index (χ1n) is 8.56. The molecule has 0 aliphatic carbocycles. The van der Waals surface area contributed by atoms with Gasteiger partial charge in [0.15, 0.2) is 0 Å². The van der Waals surface area contributed by atoms with Crippen molar-refractivity contribution in [2.24, 2.45) is 0 Å². The Kier molecular flexibility index (Phi) is 7.63. The van der Waals surface area contributed by atoms with Crippen molar-refractivity contribution in [2.75, 3.05) is 32.7 Å². The molecule has 0 radical (unpaired) electrons. The van der Waals surface area contributed by atoms with Gasteiger partial charge in [0.25, 0.3) is 0 Å². The van der Waals surface area contributed by atoms with Gasteiger partial charge in [-0.1, -0.05) is 12.1 Å². The van der Waals surface area contributed by atoms with Gasteiger partial charge in [-0.2, -0.15) is 0 Å². The number of carbonyl (C=O) groups is 2. The van der Waals surface area contributed by atoms with Crippen LogP contribution in [0.1, 0.15) is 18.6 Å². The molecule has 0 saturated carbocycles. The van der Waals surface area contributed by atoms with Crippen LogP contribution in [0, 0.1) is 0 Å². The highest BCUT2D eigenvalue weighted by Crippen LogP contribution is 2.21. The average Bonchev–Trinajstić information content (AvgIpc) is 2.70. The van der Waals surface area contributed by atoms with Crippen molar-refractivity contribution in [1.82, 2.24) is 5.32 Å². The van der Waals surface area contributed by atoms with Gasteiger partial charge >= 0.3 is 11.8 Å². The van der Waals surface area contributed by atoms with Crippen molar-refractivity contribution < 1.29 is 23.8 Å². The summed E-state index contributed by atoms with van der Waals surface area (Å²) in [5.41, 5.74) is 1.35. The van der Waals surface area contributed by atoms with Crippen molar-refractivity contribution in [1.29, 1.82) is 0 Å². The molecule has 2 rings (SSSR count). The minimum Gasteiger partial charge on any atom is -0.497 e. The Morgan fingerprint density at radius 3 is 2.37 bits per heavy atom. The van der Waals surface area contributed by atoms with E-state index in [1.807, 2.05) is 31.2 Å². The Morgan fingerprint density at radius 1 is 1.00 bits per heavy atom. The van der Waals surface area contributed by atoms with Crippen LogP contribution in [0.25, 0.3) is 0 Å². The van der Waals surface area contributed by atoms with Crippen LogP contribution in [-0.2, 0) is 14.3 Å². The first-order valence-corrected chi connectivity index (χ1v) is 8.56. The maximum Gasteiger partial charge on any atom is 0.313 e. The Bertz CT molecular complexity index is 761. The fraction of sp³-hybridized carbons (Fsp3) is 0.300. The number of amides is 2. The molecule has 0 saturated heterocycles. The van der Waals surface area contributed by atoms with Gasteiger partial charge in [0, 0.05) is 19.3 Å². The van der Waals surface area contributed by atoms with E-state index in [-0.39, 0.29) is 6.54 Å². The van der Waals surface area contributed by atoms with Crippen LogP contribution in [0.3, 0.4) is 0 Å². The number of benzene rings is 2. The zero-order valence-corrected chi connectivity index (χ0v) is 15.7. The number of ether oxygens (including phenoxy) is 3. The average molecular weight is 372 g/mol. The van der Waals surface area contributed by atoms with E-state index in [1.165, 1.54) is 7.11 Å². The fourth-order valence-corrected chi connectivity index (χ4v) is 2.43. The third-order valence-corrected chi connectivity index (χ3v) is 3.83. The Labute approximate surface area is 158 Å². The number of hydrogen-bond acceptors (Lipinski definition) is 5. The quantitative estimate of drug-likeness (QED) is 0.696. The maximum atomic E-state index is 12.1. The fourth-order valence-electron chi connectivity index (χ4n) is 2.43. The van der Waals surface area contributed by atoms with Crippen LogP contribution >= 0.6 is 0 Å². The molecule has 2 aromatic carbocycles. The van der Waals surface area contributed by atoms with E-state index in [0.717, 1.165) is 5.56 Å². The summed E-state index contributed by atoms with van der Waals surface area (Å²) < 4.78 is 15.9. The first kappa shape index (κ1) is 20.3. The summed E-state index contributed by atoms with van der Waals surface area (Å²) in [6.07, 6.45) is -0.401. The number of carbonyl (C=O) groups excluding carboxylic acids is 2. The Morgan fingerprint density at radius 2 is 1.74 bits per heavy atom. The van der Waals surface area contributed by atoms with E-state index in [4.69, 9.17) is 14.2 Å². The molecule has 0 bridgehead atoms. The maximum absolute atomic E-state index is 12.1. The lowest BCUT2D eigenvalue weighted by atomic mass is 10.1. The van der Waals surface area contributed by atoms with E-state index < -0.39 is 17.9 Å². The van der Waals surface area contributed by atoms with E-state index >= 15 is 0 Å². The molecule has 0 aromatic heterocycles. The van der Waals surface area contributed by atoms with Gasteiger partial charge in [-0.25, -0.2) is 0 Å². The number of nitrogens with one attached hydrogen (secondary N) is 2. The summed E-state index contributed by atoms with van der Waals surface area (Å²) in [7, 11) is 3.12. The molecule has 0 spiro atoms. The molecular weight excluding hydrogens is 348 g/mol. The lowest BCUT2D eigenvalue weighted by molar-refractivity contribution is -0.136. The first-order chi connectivity index (χ1) is 13.1. The second-order valence-corrected chi connectivity index (χ2v) is 5.62. The summed E-state index contributed by atoms with van der Waals surface area (Å²) in [4.78, 5) is 24.1. The number of hydrogen-bond donors (Lipinski definition) is 2. The minimum absolute atomic E-state index is 0.152. The SMILES string of the molecule is CCOc1ccc(NC(=O)C(=O)NCC(OC)c2cccc(OC)c2)cc1. The van der Waals surface area contributed by atoms with Gasteiger partial charge in [0.2, 0.25) is 0 Å². The molecule has 0 aliphatic heterocycles. The molecule has 0 aliphatic rings. The summed E-state index contributed by atoms with van der Waals surface area (Å²) in [6, 6.07) is 14.1. The van der Waals surface area contributed by atoms with Gasteiger partial charge in [-0.05, 0) is 48.9 Å². The molecule has 2 amide bonds. The summed E-state index contributed by atoms with van der Waals surface area (Å²) in [5, 5.41) is 5.12. The second-order valence-electron chi connectivity index (χ2n) is 5.62. The summed E-state index contributed by atoms with van der Waals surface area (Å²) >= 11 is 0. The molecule has 0 heterocycles. The van der Waals surface area contributed by atoms with Crippen molar-refractivity contribution >= 4 is 17.5 Å². The highest BCUT2D eigenvalue weighted by Gasteiger charge is 2.17. The van der Waals surface area contributed by atoms with Crippen molar-refractivity contribution in [3.8, 4) is 11.5 Å². The van der Waals surface area contributed by atoms with Crippen molar-refractivity contribution in [3.05, 3.63) is 54.1 Å². The summed E-state index contributed by atoms with van der Waals surface area (Å²) in [6.45, 7) is 2.60. The van der Waals surface area contributed by atoms with Gasteiger partial charge < -0.3 is 24.8 Å². The number of rotatable bonds is 8. The third-order valence-electron chi connectivity index (χ3n) is 3.83. The van der Waals surface area contributed by atoms with Crippen LogP contribution in [-0.4, -0.2) is 39.2 Å². The van der Waals surface area contributed by atoms with E-state index in [0.29, 0.717) is 23.8 Å². The molecule has 7 nitrogen and oxygen atoms in total. The molecule has 27 heavy (non-hydrogen) atoms. The van der Waals surface area contributed by atoms with Gasteiger partial charge in [-0.3, -0.25) is 9.59 Å². The topological polar surface area (TPSA) is 85.9 Å². The molecule has 1 unspecified atom stereocenters.